The lowest BCUT2D eigenvalue weighted by Gasteiger charge is -2.01. The van der Waals surface area contributed by atoms with Crippen molar-refractivity contribution in [1.82, 2.24) is 24.1 Å². The number of nitrogens with one attached hydrogen (secondary N) is 2. The molecule has 0 saturated heterocycles. The number of hydrogen-bond donors (Lipinski definition) is 3. The Labute approximate surface area is 153 Å². The molecular formula is C18H16N6O3. The number of amides is 1. The van der Waals surface area contributed by atoms with E-state index in [-0.39, 0.29) is 11.5 Å². The number of carbonyl (C=O) groups is 2. The number of aromatic amines is 1. The van der Waals surface area contributed by atoms with Gasteiger partial charge in [0.25, 0.3) is 5.91 Å². The fraction of sp³-hybridized carbons (Fsp3) is 0.111. The molecule has 4 aromatic rings. The lowest BCUT2D eigenvalue weighted by molar-refractivity contribution is 0.0696. The van der Waals surface area contributed by atoms with Gasteiger partial charge in [-0.05, 0) is 24.3 Å². The van der Waals surface area contributed by atoms with E-state index in [9.17, 15) is 9.59 Å². The largest absolute Gasteiger partial charge is 0.478 e. The summed E-state index contributed by atoms with van der Waals surface area (Å²) in [7, 11) is 3.58. The first kappa shape index (κ1) is 16.6. The number of rotatable bonds is 4. The molecule has 1 aromatic carbocycles. The molecule has 0 aliphatic rings. The van der Waals surface area contributed by atoms with E-state index in [1.165, 1.54) is 6.07 Å². The molecule has 0 bridgehead atoms. The van der Waals surface area contributed by atoms with Gasteiger partial charge in [0.2, 0.25) is 0 Å². The Morgan fingerprint density at radius 1 is 1.19 bits per heavy atom. The van der Waals surface area contributed by atoms with E-state index in [1.807, 2.05) is 11.6 Å². The van der Waals surface area contributed by atoms with Gasteiger partial charge in [0, 0.05) is 32.7 Å². The number of H-pyrrole nitrogens is 1. The second-order valence-electron chi connectivity index (χ2n) is 6.16. The SMILES string of the molecule is Cn1cc(NC(=O)c2nccn2C)cc1-c1nc2ccc(C(=O)O)cc2[nH]1. The summed E-state index contributed by atoms with van der Waals surface area (Å²) < 4.78 is 3.46. The monoisotopic (exact) mass is 364 g/mol. The van der Waals surface area contributed by atoms with Gasteiger partial charge in [0.05, 0.1) is 28.0 Å². The Morgan fingerprint density at radius 2 is 2.00 bits per heavy atom. The average Bonchev–Trinajstić information content (AvgIpc) is 3.31. The van der Waals surface area contributed by atoms with E-state index >= 15 is 0 Å². The van der Waals surface area contributed by atoms with Crippen LogP contribution in [0.15, 0.2) is 42.9 Å². The van der Waals surface area contributed by atoms with Crippen molar-refractivity contribution in [3.05, 3.63) is 54.2 Å². The first-order valence-corrected chi connectivity index (χ1v) is 8.11. The minimum absolute atomic E-state index is 0.188. The van der Waals surface area contributed by atoms with Gasteiger partial charge >= 0.3 is 5.97 Å². The van der Waals surface area contributed by atoms with Crippen molar-refractivity contribution in [2.75, 3.05) is 5.32 Å². The van der Waals surface area contributed by atoms with Crippen LogP contribution in [-0.4, -0.2) is 41.1 Å². The number of benzene rings is 1. The van der Waals surface area contributed by atoms with Gasteiger partial charge in [-0.25, -0.2) is 14.8 Å². The summed E-state index contributed by atoms with van der Waals surface area (Å²) in [6.45, 7) is 0. The van der Waals surface area contributed by atoms with E-state index in [4.69, 9.17) is 5.11 Å². The van der Waals surface area contributed by atoms with Crippen LogP contribution < -0.4 is 5.32 Å². The molecule has 1 amide bonds. The Balaban J connectivity index is 1.65. The second kappa shape index (κ2) is 6.13. The number of hydrogen-bond acceptors (Lipinski definition) is 4. The highest BCUT2D eigenvalue weighted by Gasteiger charge is 2.15. The number of nitrogens with zero attached hydrogens (tertiary/aromatic N) is 4. The Kier molecular flexibility index (Phi) is 3.76. The summed E-state index contributed by atoms with van der Waals surface area (Å²) in [5.74, 6) is -0.417. The van der Waals surface area contributed by atoms with Crippen LogP contribution in [0.1, 0.15) is 21.0 Å². The molecule has 3 heterocycles. The standard InChI is InChI=1S/C18H16N6O3/c1-23-6-5-19-16(23)17(25)20-11-8-14(24(2)9-11)15-21-12-4-3-10(18(26)27)7-13(12)22-15/h3-9H,1-2H3,(H,20,25)(H,21,22)(H,26,27). The van der Waals surface area contributed by atoms with Crippen molar-refractivity contribution in [1.29, 1.82) is 0 Å². The quantitative estimate of drug-likeness (QED) is 0.513. The third-order valence-corrected chi connectivity index (χ3v) is 4.26. The minimum atomic E-state index is -0.994. The highest BCUT2D eigenvalue weighted by Crippen LogP contribution is 2.25. The predicted octanol–water partition coefficient (Wildman–Crippen LogP) is 2.25. The molecule has 4 rings (SSSR count). The topological polar surface area (TPSA) is 118 Å². The maximum absolute atomic E-state index is 12.3. The van der Waals surface area contributed by atoms with Crippen LogP contribution in [0.4, 0.5) is 5.69 Å². The van der Waals surface area contributed by atoms with Crippen molar-refractivity contribution in [2.24, 2.45) is 14.1 Å². The lowest BCUT2D eigenvalue weighted by atomic mass is 10.2. The zero-order valence-corrected chi connectivity index (χ0v) is 14.6. The van der Waals surface area contributed by atoms with Crippen molar-refractivity contribution in [3.63, 3.8) is 0 Å². The molecule has 27 heavy (non-hydrogen) atoms. The number of imidazole rings is 2. The van der Waals surface area contributed by atoms with E-state index < -0.39 is 5.97 Å². The highest BCUT2D eigenvalue weighted by atomic mass is 16.4. The molecule has 0 saturated carbocycles. The summed E-state index contributed by atoms with van der Waals surface area (Å²) in [4.78, 5) is 35.1. The Morgan fingerprint density at radius 3 is 2.70 bits per heavy atom. The van der Waals surface area contributed by atoms with E-state index in [0.29, 0.717) is 28.4 Å². The van der Waals surface area contributed by atoms with Crippen LogP contribution in [0.5, 0.6) is 0 Å². The van der Waals surface area contributed by atoms with E-state index in [2.05, 4.69) is 20.3 Å². The van der Waals surface area contributed by atoms with Crippen molar-refractivity contribution in [3.8, 4) is 11.5 Å². The summed E-state index contributed by atoms with van der Waals surface area (Å²) in [6, 6.07) is 6.50. The van der Waals surface area contributed by atoms with Gasteiger partial charge in [-0.2, -0.15) is 0 Å². The Hall–Kier alpha value is -3.88. The fourth-order valence-electron chi connectivity index (χ4n) is 2.90. The zero-order valence-electron chi connectivity index (χ0n) is 14.6. The third-order valence-electron chi connectivity index (χ3n) is 4.26. The smallest absolute Gasteiger partial charge is 0.335 e. The number of carbonyl (C=O) groups excluding carboxylic acids is 1. The van der Waals surface area contributed by atoms with Gasteiger partial charge in [-0.15, -0.1) is 0 Å². The van der Waals surface area contributed by atoms with Crippen LogP contribution in [0.3, 0.4) is 0 Å². The first-order chi connectivity index (χ1) is 12.9. The van der Waals surface area contributed by atoms with Crippen LogP contribution in [0.2, 0.25) is 0 Å². The normalized spacial score (nSPS) is 11.0. The van der Waals surface area contributed by atoms with Crippen LogP contribution in [0.25, 0.3) is 22.6 Å². The van der Waals surface area contributed by atoms with Crippen molar-refractivity contribution < 1.29 is 14.7 Å². The maximum Gasteiger partial charge on any atom is 0.335 e. The number of aromatic carboxylic acids is 1. The Bertz CT molecular complexity index is 1180. The molecule has 0 radical (unpaired) electrons. The summed E-state index contributed by atoms with van der Waals surface area (Å²) >= 11 is 0. The molecule has 0 fully saturated rings. The molecule has 9 nitrogen and oxygen atoms in total. The van der Waals surface area contributed by atoms with Crippen molar-refractivity contribution in [2.45, 2.75) is 0 Å². The van der Waals surface area contributed by atoms with Crippen molar-refractivity contribution >= 4 is 28.6 Å². The fourth-order valence-corrected chi connectivity index (χ4v) is 2.90. The number of carboxylic acids is 1. The number of carboxylic acid groups (broad SMARTS) is 1. The van der Waals surface area contributed by atoms with Gasteiger partial charge in [-0.1, -0.05) is 0 Å². The number of aryl methyl sites for hydroxylation is 2. The molecule has 3 aromatic heterocycles. The van der Waals surface area contributed by atoms with Gasteiger partial charge in [0.15, 0.2) is 11.6 Å². The molecular weight excluding hydrogens is 348 g/mol. The number of fused-ring (bicyclic) bond motifs is 1. The summed E-state index contributed by atoms with van der Waals surface area (Å²) in [6.07, 6.45) is 5.03. The molecule has 0 aliphatic carbocycles. The summed E-state index contributed by atoms with van der Waals surface area (Å²) in [5.41, 5.74) is 2.83. The first-order valence-electron chi connectivity index (χ1n) is 8.11. The van der Waals surface area contributed by atoms with E-state index in [1.54, 1.807) is 48.4 Å². The maximum atomic E-state index is 12.3. The third kappa shape index (κ3) is 2.95. The number of anilines is 1. The zero-order chi connectivity index (χ0) is 19.1. The van der Waals surface area contributed by atoms with Gasteiger partial charge < -0.3 is 24.5 Å². The lowest BCUT2D eigenvalue weighted by Crippen LogP contribution is -2.16. The van der Waals surface area contributed by atoms with Gasteiger partial charge in [-0.3, -0.25) is 4.79 Å². The van der Waals surface area contributed by atoms with Crippen LogP contribution >= 0.6 is 0 Å². The average molecular weight is 364 g/mol. The summed E-state index contributed by atoms with van der Waals surface area (Å²) in [5, 5.41) is 11.9. The highest BCUT2D eigenvalue weighted by molar-refractivity contribution is 6.02. The molecule has 9 heteroatoms. The van der Waals surface area contributed by atoms with E-state index in [0.717, 1.165) is 5.69 Å². The number of aromatic nitrogens is 5. The molecule has 0 unspecified atom stereocenters. The molecule has 0 aliphatic heterocycles. The molecule has 136 valence electrons. The second-order valence-corrected chi connectivity index (χ2v) is 6.16. The van der Waals surface area contributed by atoms with Crippen LogP contribution in [0, 0.1) is 0 Å². The molecule has 0 spiro atoms. The molecule has 0 atom stereocenters. The predicted molar refractivity (Wildman–Crippen MR) is 98.6 cm³/mol. The van der Waals surface area contributed by atoms with Crippen LogP contribution in [-0.2, 0) is 14.1 Å². The molecule has 3 N–H and O–H groups in total. The minimum Gasteiger partial charge on any atom is -0.478 e. The van der Waals surface area contributed by atoms with Gasteiger partial charge in [0.1, 0.15) is 0 Å².